The van der Waals surface area contributed by atoms with Gasteiger partial charge in [0, 0.05) is 25.7 Å². The number of hydroxylamine groups is 2. The van der Waals surface area contributed by atoms with E-state index >= 15 is 0 Å². The first-order valence-electron chi connectivity index (χ1n) is 5.47. The van der Waals surface area contributed by atoms with Crippen LogP contribution in [0.25, 0.3) is 5.70 Å². The van der Waals surface area contributed by atoms with Crippen molar-refractivity contribution in [1.82, 2.24) is 9.96 Å². The van der Waals surface area contributed by atoms with Crippen LogP contribution in [0.15, 0.2) is 30.3 Å². The molecule has 1 heterocycles. The Morgan fingerprint density at radius 3 is 2.44 bits per heavy atom. The van der Waals surface area contributed by atoms with Crippen LogP contribution >= 0.6 is 0 Å². The second kappa shape index (κ2) is 4.62. The molecule has 0 spiro atoms. The van der Waals surface area contributed by atoms with Gasteiger partial charge in [-0.05, 0) is 6.07 Å². The first-order chi connectivity index (χ1) is 8.56. The van der Waals surface area contributed by atoms with Gasteiger partial charge in [-0.15, -0.1) is 0 Å². The molecule has 2 amide bonds. The minimum atomic E-state index is -0.258. The van der Waals surface area contributed by atoms with Gasteiger partial charge in [0.15, 0.2) is 0 Å². The Balaban J connectivity index is 2.52. The highest BCUT2D eigenvalue weighted by molar-refractivity contribution is 6.11. The summed E-state index contributed by atoms with van der Waals surface area (Å²) in [5.74, 6) is -0.456. The molecule has 0 bridgehead atoms. The van der Waals surface area contributed by atoms with E-state index in [9.17, 15) is 9.59 Å². The summed E-state index contributed by atoms with van der Waals surface area (Å²) in [6, 6.07) is 7.10. The molecule has 5 heteroatoms. The van der Waals surface area contributed by atoms with Gasteiger partial charge in [0.2, 0.25) is 5.91 Å². The molecule has 2 rings (SSSR count). The third-order valence-corrected chi connectivity index (χ3v) is 2.72. The number of amides is 2. The highest BCUT2D eigenvalue weighted by Gasteiger charge is 2.33. The Bertz CT molecular complexity index is 535. The highest BCUT2D eigenvalue weighted by Crippen LogP contribution is 2.32. The zero-order chi connectivity index (χ0) is 13.3. The molecule has 18 heavy (non-hydrogen) atoms. The first-order valence-corrected chi connectivity index (χ1v) is 5.47. The standard InChI is InChI=1S/C13H14N2O3/c1-14(2)12(16)8-11-9-6-4-5-7-10(9)13(17)15(11)18-3/h4-8H,1-3H3/b11-8+. The van der Waals surface area contributed by atoms with E-state index < -0.39 is 0 Å². The van der Waals surface area contributed by atoms with Crippen LogP contribution in [0.3, 0.4) is 0 Å². The summed E-state index contributed by atoms with van der Waals surface area (Å²) in [5, 5.41) is 1.13. The fourth-order valence-corrected chi connectivity index (χ4v) is 1.78. The fourth-order valence-electron chi connectivity index (χ4n) is 1.78. The molecule has 0 aromatic heterocycles. The van der Waals surface area contributed by atoms with Crippen LogP contribution in [0.5, 0.6) is 0 Å². The van der Waals surface area contributed by atoms with Crippen LogP contribution in [0.1, 0.15) is 15.9 Å². The number of carbonyl (C=O) groups is 2. The average molecular weight is 246 g/mol. The van der Waals surface area contributed by atoms with E-state index in [0.717, 1.165) is 5.06 Å². The second-order valence-electron chi connectivity index (χ2n) is 4.09. The van der Waals surface area contributed by atoms with E-state index in [4.69, 9.17) is 4.84 Å². The van der Waals surface area contributed by atoms with Crippen LogP contribution in [0, 0.1) is 0 Å². The van der Waals surface area contributed by atoms with Crippen molar-refractivity contribution in [2.24, 2.45) is 0 Å². The molecular formula is C13H14N2O3. The predicted molar refractivity (Wildman–Crippen MR) is 66.3 cm³/mol. The lowest BCUT2D eigenvalue weighted by Gasteiger charge is -2.15. The van der Waals surface area contributed by atoms with Gasteiger partial charge >= 0.3 is 0 Å². The number of carbonyl (C=O) groups excluding carboxylic acids is 2. The maximum atomic E-state index is 12.0. The zero-order valence-electron chi connectivity index (χ0n) is 10.5. The van der Waals surface area contributed by atoms with Crippen molar-refractivity contribution in [3.8, 4) is 0 Å². The fraction of sp³-hybridized carbons (Fsp3) is 0.231. The molecule has 0 atom stereocenters. The molecule has 1 aliphatic heterocycles. The summed E-state index contributed by atoms with van der Waals surface area (Å²) in [4.78, 5) is 30.2. The van der Waals surface area contributed by atoms with Crippen molar-refractivity contribution in [2.75, 3.05) is 21.2 Å². The Morgan fingerprint density at radius 1 is 1.28 bits per heavy atom. The summed E-state index contributed by atoms with van der Waals surface area (Å²) in [7, 11) is 4.70. The maximum Gasteiger partial charge on any atom is 0.282 e. The topological polar surface area (TPSA) is 49.9 Å². The molecule has 1 aromatic carbocycles. The Labute approximate surface area is 105 Å². The number of hydrogen-bond acceptors (Lipinski definition) is 3. The van der Waals surface area contributed by atoms with Crippen LogP contribution in [-0.4, -0.2) is 43.0 Å². The van der Waals surface area contributed by atoms with E-state index in [1.54, 1.807) is 32.3 Å². The van der Waals surface area contributed by atoms with Crippen molar-refractivity contribution >= 4 is 17.5 Å². The van der Waals surface area contributed by atoms with Crippen molar-refractivity contribution in [1.29, 1.82) is 0 Å². The lowest BCUT2D eigenvalue weighted by molar-refractivity contribution is -0.123. The smallest absolute Gasteiger partial charge is 0.282 e. The van der Waals surface area contributed by atoms with Gasteiger partial charge in [-0.2, -0.15) is 5.06 Å². The molecule has 1 aromatic rings. The van der Waals surface area contributed by atoms with Crippen LogP contribution in [0.2, 0.25) is 0 Å². The van der Waals surface area contributed by atoms with Crippen molar-refractivity contribution in [3.63, 3.8) is 0 Å². The summed E-state index contributed by atoms with van der Waals surface area (Å²) < 4.78 is 0. The number of nitrogens with zero attached hydrogens (tertiary/aromatic N) is 2. The van der Waals surface area contributed by atoms with Gasteiger partial charge in [0.1, 0.15) is 0 Å². The Hall–Kier alpha value is -2.14. The van der Waals surface area contributed by atoms with Crippen LogP contribution in [-0.2, 0) is 9.63 Å². The summed E-state index contributed by atoms with van der Waals surface area (Å²) in [6.07, 6.45) is 1.40. The highest BCUT2D eigenvalue weighted by atomic mass is 16.7. The number of hydrogen-bond donors (Lipinski definition) is 0. The Kier molecular flexibility index (Phi) is 3.16. The summed E-state index contributed by atoms with van der Waals surface area (Å²) in [5.41, 5.74) is 1.72. The van der Waals surface area contributed by atoms with Gasteiger partial charge in [0.05, 0.1) is 18.4 Å². The molecule has 0 unspecified atom stereocenters. The van der Waals surface area contributed by atoms with E-state index in [2.05, 4.69) is 0 Å². The second-order valence-corrected chi connectivity index (χ2v) is 4.09. The molecule has 0 N–H and O–H groups in total. The first kappa shape index (κ1) is 12.3. The monoisotopic (exact) mass is 246 g/mol. The third kappa shape index (κ3) is 1.89. The quantitative estimate of drug-likeness (QED) is 0.735. The van der Waals surface area contributed by atoms with Gasteiger partial charge in [-0.1, -0.05) is 18.2 Å². The van der Waals surface area contributed by atoms with E-state index in [1.807, 2.05) is 6.07 Å². The molecule has 94 valence electrons. The molecule has 0 saturated heterocycles. The molecule has 5 nitrogen and oxygen atoms in total. The molecule has 0 aliphatic carbocycles. The van der Waals surface area contributed by atoms with Crippen molar-refractivity contribution in [2.45, 2.75) is 0 Å². The van der Waals surface area contributed by atoms with Gasteiger partial charge in [-0.3, -0.25) is 14.4 Å². The Morgan fingerprint density at radius 2 is 1.89 bits per heavy atom. The lowest BCUT2D eigenvalue weighted by Crippen LogP contribution is -2.24. The molecule has 0 saturated carbocycles. The van der Waals surface area contributed by atoms with Gasteiger partial charge < -0.3 is 4.90 Å². The average Bonchev–Trinajstić information content (AvgIpc) is 2.63. The van der Waals surface area contributed by atoms with Gasteiger partial charge in [-0.25, -0.2) is 0 Å². The molecule has 1 aliphatic rings. The number of benzene rings is 1. The van der Waals surface area contributed by atoms with E-state index in [1.165, 1.54) is 18.1 Å². The van der Waals surface area contributed by atoms with Crippen molar-refractivity contribution < 1.29 is 14.4 Å². The molecule has 0 radical (unpaired) electrons. The normalized spacial score (nSPS) is 16.1. The lowest BCUT2D eigenvalue weighted by atomic mass is 10.1. The van der Waals surface area contributed by atoms with E-state index in [0.29, 0.717) is 16.8 Å². The van der Waals surface area contributed by atoms with E-state index in [-0.39, 0.29) is 11.8 Å². The minimum absolute atomic E-state index is 0.198. The van der Waals surface area contributed by atoms with Crippen molar-refractivity contribution in [3.05, 3.63) is 41.5 Å². The zero-order valence-corrected chi connectivity index (χ0v) is 10.5. The van der Waals surface area contributed by atoms with Gasteiger partial charge in [0.25, 0.3) is 5.91 Å². The number of rotatable bonds is 2. The van der Waals surface area contributed by atoms with Crippen LogP contribution in [0.4, 0.5) is 0 Å². The summed E-state index contributed by atoms with van der Waals surface area (Å²) in [6.45, 7) is 0. The maximum absolute atomic E-state index is 12.0. The third-order valence-electron chi connectivity index (χ3n) is 2.72. The SMILES string of the molecule is CON1C(=O)c2ccccc2/C1=C\C(=O)N(C)C. The number of likely N-dealkylation sites (N-methyl/N-ethyl adjacent to an activating group) is 1. The largest absolute Gasteiger partial charge is 0.345 e. The number of fused-ring (bicyclic) bond motifs is 1. The van der Waals surface area contributed by atoms with Crippen LogP contribution < -0.4 is 0 Å². The molecular weight excluding hydrogens is 232 g/mol. The molecule has 0 fully saturated rings. The minimum Gasteiger partial charge on any atom is -0.345 e. The predicted octanol–water partition coefficient (Wildman–Crippen LogP) is 1.13. The summed E-state index contributed by atoms with van der Waals surface area (Å²) >= 11 is 0.